The van der Waals surface area contributed by atoms with E-state index in [1.54, 1.807) is 11.8 Å². The highest BCUT2D eigenvalue weighted by Gasteiger charge is 2.18. The Labute approximate surface area is 191 Å². The Kier molecular flexibility index (Phi) is 5.26. The van der Waals surface area contributed by atoms with E-state index < -0.39 is 0 Å². The fraction of sp³-hybridized carbons (Fsp3) is 0.148. The second kappa shape index (κ2) is 8.39. The highest BCUT2D eigenvalue weighted by atomic mass is 16.5. The van der Waals surface area contributed by atoms with E-state index in [1.807, 2.05) is 54.7 Å². The van der Waals surface area contributed by atoms with E-state index >= 15 is 0 Å². The number of carbonyl (C=O) groups excluding carboxylic acids is 1. The molecule has 33 heavy (non-hydrogen) atoms. The van der Waals surface area contributed by atoms with Gasteiger partial charge in [-0.15, -0.1) is 0 Å². The molecule has 1 N–H and O–H groups in total. The Bertz CT molecular complexity index is 1490. The lowest BCUT2D eigenvalue weighted by Gasteiger charge is -2.08. The number of fused-ring (bicyclic) bond motifs is 3. The standard InChI is InChI=1S/C27H24N4O2/c1-17-9-10-19(13-18(17)2)26-23-15-28-24-12-11-21(33-3)14-22(24)27(23)31(30-26)16-25(32)29-20-7-5-4-6-8-20/h4-15H,16H2,1-3H3,(H,29,32). The molecule has 0 bridgehead atoms. The lowest BCUT2D eigenvalue weighted by Crippen LogP contribution is -2.19. The van der Waals surface area contributed by atoms with Gasteiger partial charge in [0.05, 0.1) is 18.1 Å². The molecule has 3 aromatic carbocycles. The third kappa shape index (κ3) is 3.91. The van der Waals surface area contributed by atoms with Crippen molar-refractivity contribution in [2.45, 2.75) is 20.4 Å². The Hall–Kier alpha value is -4.19. The van der Waals surface area contributed by atoms with E-state index in [9.17, 15) is 4.79 Å². The van der Waals surface area contributed by atoms with Crippen molar-refractivity contribution in [1.82, 2.24) is 14.8 Å². The van der Waals surface area contributed by atoms with Gasteiger partial charge < -0.3 is 10.1 Å². The summed E-state index contributed by atoms with van der Waals surface area (Å²) in [7, 11) is 1.64. The summed E-state index contributed by atoms with van der Waals surface area (Å²) in [6.45, 7) is 4.25. The molecule has 0 aliphatic carbocycles. The summed E-state index contributed by atoms with van der Waals surface area (Å²) in [4.78, 5) is 17.6. The molecule has 6 heteroatoms. The molecule has 0 spiro atoms. The molecule has 5 aromatic rings. The summed E-state index contributed by atoms with van der Waals surface area (Å²) in [6.07, 6.45) is 1.84. The van der Waals surface area contributed by atoms with E-state index in [1.165, 1.54) is 11.1 Å². The van der Waals surface area contributed by atoms with Crippen LogP contribution in [0.3, 0.4) is 0 Å². The number of benzene rings is 3. The molecule has 0 aliphatic rings. The van der Waals surface area contributed by atoms with Gasteiger partial charge in [0.15, 0.2) is 0 Å². The van der Waals surface area contributed by atoms with Crippen molar-refractivity contribution in [2.75, 3.05) is 12.4 Å². The largest absolute Gasteiger partial charge is 0.497 e. The summed E-state index contributed by atoms with van der Waals surface area (Å²) in [6, 6.07) is 21.5. The fourth-order valence-corrected chi connectivity index (χ4v) is 4.04. The van der Waals surface area contributed by atoms with Gasteiger partial charge in [-0.2, -0.15) is 5.10 Å². The van der Waals surface area contributed by atoms with Crippen LogP contribution >= 0.6 is 0 Å². The zero-order valence-corrected chi connectivity index (χ0v) is 18.8. The molecule has 0 aliphatic heterocycles. The van der Waals surface area contributed by atoms with Crippen molar-refractivity contribution in [3.63, 3.8) is 0 Å². The van der Waals surface area contributed by atoms with Crippen LogP contribution in [0, 0.1) is 13.8 Å². The minimum absolute atomic E-state index is 0.0760. The SMILES string of the molecule is COc1ccc2ncc3c(-c4ccc(C)c(C)c4)nn(CC(=O)Nc4ccccc4)c3c2c1. The van der Waals surface area contributed by atoms with Gasteiger partial charge in [-0.1, -0.05) is 30.3 Å². The van der Waals surface area contributed by atoms with Crippen molar-refractivity contribution >= 4 is 33.4 Å². The van der Waals surface area contributed by atoms with E-state index in [0.717, 1.165) is 44.5 Å². The van der Waals surface area contributed by atoms with Gasteiger partial charge in [-0.3, -0.25) is 14.5 Å². The smallest absolute Gasteiger partial charge is 0.246 e. The van der Waals surface area contributed by atoms with Crippen molar-refractivity contribution in [1.29, 1.82) is 0 Å². The number of hydrogen-bond acceptors (Lipinski definition) is 4. The highest BCUT2D eigenvalue weighted by molar-refractivity contribution is 6.09. The number of methoxy groups -OCH3 is 1. The van der Waals surface area contributed by atoms with Crippen LogP contribution < -0.4 is 10.1 Å². The maximum Gasteiger partial charge on any atom is 0.246 e. The Morgan fingerprint density at radius 1 is 0.970 bits per heavy atom. The first kappa shape index (κ1) is 20.7. The molecular formula is C27H24N4O2. The number of rotatable bonds is 5. The van der Waals surface area contributed by atoms with Crippen molar-refractivity contribution in [2.24, 2.45) is 0 Å². The molecule has 0 atom stereocenters. The molecule has 164 valence electrons. The van der Waals surface area contributed by atoms with E-state index in [4.69, 9.17) is 9.84 Å². The number of pyridine rings is 1. The second-order valence-corrected chi connectivity index (χ2v) is 8.12. The van der Waals surface area contributed by atoms with E-state index in [-0.39, 0.29) is 12.5 Å². The number of ether oxygens (including phenoxy) is 1. The van der Waals surface area contributed by atoms with Gasteiger partial charge in [0.25, 0.3) is 0 Å². The first-order valence-electron chi connectivity index (χ1n) is 10.8. The van der Waals surface area contributed by atoms with Gasteiger partial charge in [0.2, 0.25) is 5.91 Å². The van der Waals surface area contributed by atoms with Gasteiger partial charge >= 0.3 is 0 Å². The lowest BCUT2D eigenvalue weighted by atomic mass is 10.0. The van der Waals surface area contributed by atoms with Crippen molar-refractivity contribution < 1.29 is 9.53 Å². The predicted molar refractivity (Wildman–Crippen MR) is 132 cm³/mol. The predicted octanol–water partition coefficient (Wildman–Crippen LogP) is 5.52. The summed E-state index contributed by atoms with van der Waals surface area (Å²) in [5, 5.41) is 9.63. The molecule has 2 heterocycles. The van der Waals surface area contributed by atoms with Gasteiger partial charge in [0.1, 0.15) is 18.0 Å². The average Bonchev–Trinajstić information content (AvgIpc) is 3.19. The Balaban J connectivity index is 1.68. The minimum atomic E-state index is -0.148. The minimum Gasteiger partial charge on any atom is -0.497 e. The van der Waals surface area contributed by atoms with Gasteiger partial charge in [0, 0.05) is 28.2 Å². The van der Waals surface area contributed by atoms with Crippen LogP contribution in [-0.2, 0) is 11.3 Å². The normalized spacial score (nSPS) is 11.1. The van der Waals surface area contributed by atoms with Crippen LogP contribution in [0.1, 0.15) is 11.1 Å². The molecule has 0 fully saturated rings. The first-order chi connectivity index (χ1) is 16.0. The van der Waals surface area contributed by atoms with Crippen LogP contribution in [0.15, 0.2) is 72.9 Å². The number of nitrogens with one attached hydrogen (secondary N) is 1. The topological polar surface area (TPSA) is 69.0 Å². The molecular weight excluding hydrogens is 412 g/mol. The number of aryl methyl sites for hydroxylation is 2. The number of aromatic nitrogens is 3. The first-order valence-corrected chi connectivity index (χ1v) is 10.8. The van der Waals surface area contributed by atoms with Crippen LogP contribution in [-0.4, -0.2) is 27.8 Å². The molecule has 0 saturated carbocycles. The summed E-state index contributed by atoms with van der Waals surface area (Å²) >= 11 is 0. The van der Waals surface area contributed by atoms with Crippen LogP contribution in [0.4, 0.5) is 5.69 Å². The quantitative estimate of drug-likeness (QED) is 0.394. The molecule has 0 radical (unpaired) electrons. The number of nitrogens with zero attached hydrogens (tertiary/aromatic N) is 3. The molecule has 5 rings (SSSR count). The van der Waals surface area contributed by atoms with Crippen LogP contribution in [0.25, 0.3) is 33.1 Å². The third-order valence-electron chi connectivity index (χ3n) is 5.91. The van der Waals surface area contributed by atoms with Crippen molar-refractivity contribution in [3.8, 4) is 17.0 Å². The third-order valence-corrected chi connectivity index (χ3v) is 5.91. The van der Waals surface area contributed by atoms with E-state index in [2.05, 4.69) is 42.3 Å². The average molecular weight is 437 g/mol. The lowest BCUT2D eigenvalue weighted by molar-refractivity contribution is -0.116. The van der Waals surface area contributed by atoms with Gasteiger partial charge in [-0.05, 0) is 61.4 Å². The molecule has 0 saturated heterocycles. The highest BCUT2D eigenvalue weighted by Crippen LogP contribution is 2.34. The molecule has 6 nitrogen and oxygen atoms in total. The summed E-state index contributed by atoms with van der Waals surface area (Å²) in [5.41, 5.74) is 6.63. The molecule has 1 amide bonds. The number of para-hydroxylation sites is 1. The number of hydrogen-bond donors (Lipinski definition) is 1. The fourth-order valence-electron chi connectivity index (χ4n) is 4.04. The van der Waals surface area contributed by atoms with E-state index in [0.29, 0.717) is 0 Å². The zero-order chi connectivity index (χ0) is 22.9. The maximum absolute atomic E-state index is 12.9. The zero-order valence-electron chi connectivity index (χ0n) is 18.8. The monoisotopic (exact) mass is 436 g/mol. The number of anilines is 1. The van der Waals surface area contributed by atoms with Crippen molar-refractivity contribution in [3.05, 3.63) is 84.1 Å². The number of amides is 1. The van der Waals surface area contributed by atoms with Crippen LogP contribution in [0.2, 0.25) is 0 Å². The Morgan fingerprint density at radius 3 is 2.55 bits per heavy atom. The summed E-state index contributed by atoms with van der Waals surface area (Å²) < 4.78 is 7.22. The van der Waals surface area contributed by atoms with Gasteiger partial charge in [-0.25, -0.2) is 0 Å². The Morgan fingerprint density at radius 2 is 1.79 bits per heavy atom. The molecule has 2 aromatic heterocycles. The second-order valence-electron chi connectivity index (χ2n) is 8.12. The van der Waals surface area contributed by atoms with Crippen LogP contribution in [0.5, 0.6) is 5.75 Å². The summed E-state index contributed by atoms with van der Waals surface area (Å²) in [5.74, 6) is 0.580. The molecule has 0 unspecified atom stereocenters. The maximum atomic E-state index is 12.9. The number of carbonyl (C=O) groups is 1.